The summed E-state index contributed by atoms with van der Waals surface area (Å²) in [6, 6.07) is 6.13. The molecule has 1 fully saturated rings. The Bertz CT molecular complexity index is 641. The van der Waals surface area contributed by atoms with E-state index in [9.17, 15) is 9.59 Å². The molecule has 1 aromatic rings. The summed E-state index contributed by atoms with van der Waals surface area (Å²) in [5.41, 5.74) is 1.89. The number of amides is 2. The number of hydrogen-bond acceptors (Lipinski definition) is 4. The summed E-state index contributed by atoms with van der Waals surface area (Å²) in [4.78, 5) is 26.1. The van der Waals surface area contributed by atoms with E-state index in [1.54, 1.807) is 0 Å². The smallest absolute Gasteiger partial charge is 0.224 e. The van der Waals surface area contributed by atoms with Crippen molar-refractivity contribution in [1.82, 2.24) is 4.90 Å². The van der Waals surface area contributed by atoms with Gasteiger partial charge in [-0.2, -0.15) is 0 Å². The van der Waals surface area contributed by atoms with Gasteiger partial charge >= 0.3 is 0 Å². The van der Waals surface area contributed by atoms with Crippen molar-refractivity contribution < 1.29 is 19.1 Å². The number of carbonyl (C=O) groups excluding carboxylic acids is 2. The molecule has 0 spiro atoms. The van der Waals surface area contributed by atoms with Gasteiger partial charge in [-0.15, -0.1) is 0 Å². The molecule has 2 aliphatic rings. The molecule has 6 nitrogen and oxygen atoms in total. The number of para-hydroxylation sites is 1. The van der Waals surface area contributed by atoms with Crippen LogP contribution in [0.4, 0.5) is 5.69 Å². The van der Waals surface area contributed by atoms with Crippen LogP contribution in [0.25, 0.3) is 0 Å². The Morgan fingerprint density at radius 3 is 2.88 bits per heavy atom. The number of fused-ring (bicyclic) bond motifs is 1. The predicted molar refractivity (Wildman–Crippen MR) is 99.3 cm³/mol. The number of ether oxygens (including phenoxy) is 2. The Balaban J connectivity index is 1.48. The molecule has 1 N–H and O–H groups in total. The van der Waals surface area contributed by atoms with Crippen molar-refractivity contribution in [1.29, 1.82) is 0 Å². The van der Waals surface area contributed by atoms with Gasteiger partial charge in [-0.05, 0) is 44.2 Å². The van der Waals surface area contributed by atoms with Crippen molar-refractivity contribution in [2.24, 2.45) is 0 Å². The summed E-state index contributed by atoms with van der Waals surface area (Å²) in [6.45, 7) is 4.71. The van der Waals surface area contributed by atoms with E-state index in [-0.39, 0.29) is 11.8 Å². The number of nitrogens with zero attached hydrogens (tertiary/aromatic N) is 1. The Morgan fingerprint density at radius 1 is 1.31 bits per heavy atom. The van der Waals surface area contributed by atoms with E-state index in [4.69, 9.17) is 9.47 Å². The first-order chi connectivity index (χ1) is 12.7. The van der Waals surface area contributed by atoms with Gasteiger partial charge in [-0.25, -0.2) is 0 Å². The lowest BCUT2D eigenvalue weighted by Crippen LogP contribution is -2.43. The minimum Gasteiger partial charge on any atom is -0.491 e. The number of anilines is 1. The molecule has 0 atom stereocenters. The Hall–Kier alpha value is -2.08. The minimum atomic E-state index is 0.0266. The number of hydrogen-bond donors (Lipinski definition) is 1. The van der Waals surface area contributed by atoms with Crippen LogP contribution < -0.4 is 10.1 Å². The molecule has 0 unspecified atom stereocenters. The van der Waals surface area contributed by atoms with Gasteiger partial charge in [0.25, 0.3) is 0 Å². The van der Waals surface area contributed by atoms with E-state index in [0.29, 0.717) is 37.7 Å². The number of aryl methyl sites for hydroxylation is 1. The third-order valence-corrected chi connectivity index (χ3v) is 5.08. The van der Waals surface area contributed by atoms with Gasteiger partial charge in [0.15, 0.2) is 0 Å². The monoisotopic (exact) mass is 360 g/mol. The van der Waals surface area contributed by atoms with Crippen molar-refractivity contribution in [3.8, 4) is 5.75 Å². The second-order valence-electron chi connectivity index (χ2n) is 6.81. The standard InChI is InChI=1S/C20H28N2O4/c1-2-22(16-10-13-25-14-11-16)19(24)7-4-12-26-17-6-3-5-15-8-9-18(23)21-20(15)17/h3,5-6,16H,2,4,7-14H2,1H3,(H,21,23). The number of rotatable bonds is 7. The molecule has 2 aliphatic heterocycles. The molecule has 6 heteroatoms. The molecule has 1 saturated heterocycles. The molecule has 0 bridgehead atoms. The second kappa shape index (κ2) is 9.03. The van der Waals surface area contributed by atoms with E-state index >= 15 is 0 Å². The van der Waals surface area contributed by atoms with E-state index in [2.05, 4.69) is 5.32 Å². The first kappa shape index (κ1) is 18.7. The van der Waals surface area contributed by atoms with Crippen LogP contribution in [-0.2, 0) is 20.7 Å². The van der Waals surface area contributed by atoms with Crippen LogP contribution in [0.15, 0.2) is 18.2 Å². The maximum atomic E-state index is 12.5. The van der Waals surface area contributed by atoms with Crippen molar-refractivity contribution >= 4 is 17.5 Å². The van der Waals surface area contributed by atoms with Crippen LogP contribution in [0.3, 0.4) is 0 Å². The molecule has 3 rings (SSSR count). The summed E-state index contributed by atoms with van der Waals surface area (Å²) < 4.78 is 11.2. The number of nitrogens with one attached hydrogen (secondary N) is 1. The molecule has 2 heterocycles. The molecule has 0 radical (unpaired) electrons. The maximum Gasteiger partial charge on any atom is 0.224 e. The third-order valence-electron chi connectivity index (χ3n) is 5.08. The van der Waals surface area contributed by atoms with Gasteiger partial charge < -0.3 is 19.7 Å². The summed E-state index contributed by atoms with van der Waals surface area (Å²) >= 11 is 0. The largest absolute Gasteiger partial charge is 0.491 e. The summed E-state index contributed by atoms with van der Waals surface area (Å²) in [6.07, 6.45) is 4.25. The first-order valence-electron chi connectivity index (χ1n) is 9.60. The van der Waals surface area contributed by atoms with Gasteiger partial charge in [-0.1, -0.05) is 12.1 Å². The highest BCUT2D eigenvalue weighted by atomic mass is 16.5. The molecule has 2 amide bonds. The third kappa shape index (κ3) is 4.55. The SMILES string of the molecule is CCN(C(=O)CCCOc1cccc2c1NC(=O)CC2)C1CCOCC1. The fourth-order valence-electron chi connectivity index (χ4n) is 3.68. The van der Waals surface area contributed by atoms with Crippen LogP contribution in [0.5, 0.6) is 5.75 Å². The molecule has 0 aliphatic carbocycles. The van der Waals surface area contributed by atoms with Gasteiger partial charge in [0.05, 0.1) is 12.3 Å². The van der Waals surface area contributed by atoms with E-state index in [0.717, 1.165) is 50.3 Å². The van der Waals surface area contributed by atoms with Gasteiger partial charge in [0.1, 0.15) is 5.75 Å². The van der Waals surface area contributed by atoms with Crippen LogP contribution in [0, 0.1) is 0 Å². The van der Waals surface area contributed by atoms with Crippen molar-refractivity contribution in [2.75, 3.05) is 31.7 Å². The van der Waals surface area contributed by atoms with Gasteiger partial charge in [0, 0.05) is 38.6 Å². The van der Waals surface area contributed by atoms with Gasteiger partial charge in [-0.3, -0.25) is 9.59 Å². The molecule has 0 saturated carbocycles. The molecule has 142 valence electrons. The summed E-state index contributed by atoms with van der Waals surface area (Å²) in [7, 11) is 0. The van der Waals surface area contributed by atoms with E-state index in [1.165, 1.54) is 0 Å². The van der Waals surface area contributed by atoms with Crippen molar-refractivity contribution in [3.05, 3.63) is 23.8 Å². The molecule has 1 aromatic carbocycles. The molecule has 0 aromatic heterocycles. The topological polar surface area (TPSA) is 67.9 Å². The van der Waals surface area contributed by atoms with Crippen LogP contribution in [0.2, 0.25) is 0 Å². The van der Waals surface area contributed by atoms with Crippen LogP contribution in [-0.4, -0.2) is 49.1 Å². The van der Waals surface area contributed by atoms with Crippen LogP contribution in [0.1, 0.15) is 44.6 Å². The highest BCUT2D eigenvalue weighted by Crippen LogP contribution is 2.32. The highest BCUT2D eigenvalue weighted by Gasteiger charge is 2.24. The lowest BCUT2D eigenvalue weighted by atomic mass is 10.0. The number of carbonyl (C=O) groups is 2. The molecule has 26 heavy (non-hydrogen) atoms. The lowest BCUT2D eigenvalue weighted by molar-refractivity contribution is -0.135. The summed E-state index contributed by atoms with van der Waals surface area (Å²) in [5.74, 6) is 0.907. The maximum absolute atomic E-state index is 12.5. The zero-order valence-electron chi connectivity index (χ0n) is 15.5. The Kier molecular flexibility index (Phi) is 6.50. The van der Waals surface area contributed by atoms with E-state index in [1.807, 2.05) is 30.0 Å². The normalized spacial score (nSPS) is 17.3. The van der Waals surface area contributed by atoms with Gasteiger partial charge in [0.2, 0.25) is 11.8 Å². The minimum absolute atomic E-state index is 0.0266. The lowest BCUT2D eigenvalue weighted by Gasteiger charge is -2.33. The zero-order valence-corrected chi connectivity index (χ0v) is 15.5. The van der Waals surface area contributed by atoms with Crippen LogP contribution >= 0.6 is 0 Å². The van der Waals surface area contributed by atoms with E-state index < -0.39 is 0 Å². The average Bonchev–Trinajstić information content (AvgIpc) is 2.67. The fourth-order valence-corrected chi connectivity index (χ4v) is 3.68. The fraction of sp³-hybridized carbons (Fsp3) is 0.600. The molecular weight excluding hydrogens is 332 g/mol. The van der Waals surface area contributed by atoms with Crippen molar-refractivity contribution in [2.45, 2.75) is 51.5 Å². The summed E-state index contributed by atoms with van der Waals surface area (Å²) in [5, 5.41) is 2.90. The Morgan fingerprint density at radius 2 is 2.12 bits per heavy atom. The first-order valence-corrected chi connectivity index (χ1v) is 9.60. The highest BCUT2D eigenvalue weighted by molar-refractivity contribution is 5.95. The predicted octanol–water partition coefficient (Wildman–Crippen LogP) is 2.76. The quantitative estimate of drug-likeness (QED) is 0.759. The van der Waals surface area contributed by atoms with Crippen molar-refractivity contribution in [3.63, 3.8) is 0 Å². The zero-order chi connectivity index (χ0) is 18.4. The average molecular weight is 360 g/mol. The molecular formula is C20H28N2O4. The Labute approximate surface area is 154 Å². The number of benzene rings is 1. The second-order valence-corrected chi connectivity index (χ2v) is 6.81.